The molecule has 2 heterocycles. The van der Waals surface area contributed by atoms with Crippen LogP contribution >= 0.6 is 0 Å². The number of nitrogens with zero attached hydrogens (tertiary/aromatic N) is 4. The molecular weight excluding hydrogens is 340 g/mol. The lowest BCUT2D eigenvalue weighted by atomic mass is 10.2. The van der Waals surface area contributed by atoms with Gasteiger partial charge in [-0.25, -0.2) is 19.9 Å². The summed E-state index contributed by atoms with van der Waals surface area (Å²) >= 11 is 0. The Kier molecular flexibility index (Phi) is 4.65. The Balaban J connectivity index is 1.99. The lowest BCUT2D eigenvalue weighted by Gasteiger charge is -2.09. The molecule has 3 rings (SSSR count). The Morgan fingerprint density at radius 2 is 2.00 bits per heavy atom. The van der Waals surface area contributed by atoms with Gasteiger partial charge >= 0.3 is 5.97 Å². The third-order valence-electron chi connectivity index (χ3n) is 3.26. The van der Waals surface area contributed by atoms with E-state index in [-0.39, 0.29) is 17.3 Å². The minimum Gasteiger partial charge on any atom is -0.478 e. The molecule has 2 aromatic heterocycles. The highest BCUT2D eigenvalue weighted by Crippen LogP contribution is 2.23. The molecule has 10 nitrogen and oxygen atoms in total. The summed E-state index contributed by atoms with van der Waals surface area (Å²) in [6.45, 7) is 0. The molecule has 0 atom stereocenters. The van der Waals surface area contributed by atoms with Crippen LogP contribution in [-0.4, -0.2) is 31.1 Å². The molecule has 0 saturated heterocycles. The first-order chi connectivity index (χ1) is 12.5. The van der Waals surface area contributed by atoms with E-state index in [1.54, 1.807) is 42.7 Å². The maximum absolute atomic E-state index is 11.1. The van der Waals surface area contributed by atoms with Gasteiger partial charge in [-0.1, -0.05) is 11.5 Å². The van der Waals surface area contributed by atoms with Crippen molar-refractivity contribution in [3.05, 3.63) is 70.5 Å². The summed E-state index contributed by atoms with van der Waals surface area (Å²) in [5.41, 5.74) is 3.53. The predicted octanol–water partition coefficient (Wildman–Crippen LogP) is 2.58. The zero-order valence-electron chi connectivity index (χ0n) is 13.2. The van der Waals surface area contributed by atoms with Crippen LogP contribution in [0.2, 0.25) is 0 Å². The van der Waals surface area contributed by atoms with E-state index in [1.165, 1.54) is 12.1 Å². The molecule has 3 N–H and O–H groups in total. The zero-order chi connectivity index (χ0) is 18.5. The molecule has 26 heavy (non-hydrogen) atoms. The van der Waals surface area contributed by atoms with Gasteiger partial charge in [0, 0.05) is 29.7 Å². The Morgan fingerprint density at radius 3 is 2.69 bits per heavy atom. The van der Waals surface area contributed by atoms with Crippen LogP contribution in [-0.2, 0) is 0 Å². The van der Waals surface area contributed by atoms with Gasteiger partial charge in [-0.3, -0.25) is 4.98 Å². The molecule has 1 aromatic carbocycles. The van der Waals surface area contributed by atoms with Crippen molar-refractivity contribution in [3.63, 3.8) is 0 Å². The molecular formula is C16H12N6O4. The van der Waals surface area contributed by atoms with Gasteiger partial charge < -0.3 is 10.4 Å². The highest BCUT2D eigenvalue weighted by molar-refractivity contribution is 5.89. The first kappa shape index (κ1) is 16.8. The number of aromatic nitrogens is 3. The smallest absolute Gasteiger partial charge is 0.335 e. The summed E-state index contributed by atoms with van der Waals surface area (Å²) in [6, 6.07) is 11.1. The van der Waals surface area contributed by atoms with Gasteiger partial charge in [0.05, 0.1) is 11.3 Å². The molecule has 0 fully saturated rings. The van der Waals surface area contributed by atoms with Gasteiger partial charge in [0.2, 0.25) is 0 Å². The van der Waals surface area contributed by atoms with E-state index in [0.717, 1.165) is 0 Å². The second-order valence-electron chi connectivity index (χ2n) is 5.08. The third kappa shape index (κ3) is 4.06. The molecule has 10 heteroatoms. The molecule has 130 valence electrons. The van der Waals surface area contributed by atoms with Crippen molar-refractivity contribution in [2.45, 2.75) is 0 Å². The van der Waals surface area contributed by atoms with Crippen molar-refractivity contribution in [1.29, 1.82) is 0 Å². The fourth-order valence-electron chi connectivity index (χ4n) is 2.18. The fraction of sp³-hybridized carbons (Fsp3) is 0. The lowest BCUT2D eigenvalue weighted by molar-refractivity contribution is -0.446. The molecule has 0 spiro atoms. The minimum absolute atomic E-state index is 0.0974. The number of rotatable bonds is 6. The molecule has 0 aliphatic carbocycles. The maximum Gasteiger partial charge on any atom is 0.335 e. The second-order valence-corrected chi connectivity index (χ2v) is 5.08. The van der Waals surface area contributed by atoms with Gasteiger partial charge in [0.15, 0.2) is 5.03 Å². The average Bonchev–Trinajstić information content (AvgIpc) is 2.62. The Morgan fingerprint density at radius 1 is 1.15 bits per heavy atom. The molecule has 0 saturated carbocycles. The molecule has 0 radical (unpaired) electrons. The zero-order valence-corrected chi connectivity index (χ0v) is 13.2. The molecule has 0 amide bonds. The van der Waals surface area contributed by atoms with Crippen LogP contribution in [0.3, 0.4) is 0 Å². The van der Waals surface area contributed by atoms with Crippen molar-refractivity contribution < 1.29 is 14.9 Å². The minimum atomic E-state index is -1.07. The van der Waals surface area contributed by atoms with Gasteiger partial charge in [0.1, 0.15) is 5.82 Å². The number of nitrogens with one attached hydrogen (secondary N) is 2. The van der Waals surface area contributed by atoms with Crippen molar-refractivity contribution in [1.82, 2.24) is 15.0 Å². The molecule has 0 aliphatic heterocycles. The number of aromatic carboxylic acids is 1. The maximum atomic E-state index is 11.1. The van der Waals surface area contributed by atoms with E-state index in [4.69, 9.17) is 5.11 Å². The Hall–Kier alpha value is -4.08. The summed E-state index contributed by atoms with van der Waals surface area (Å²) in [6.07, 6.45) is 3.16. The highest BCUT2D eigenvalue weighted by Gasteiger charge is 2.11. The first-order valence-corrected chi connectivity index (χ1v) is 7.32. The number of hydrogen-bond donors (Lipinski definition) is 3. The van der Waals surface area contributed by atoms with Crippen LogP contribution in [0, 0.1) is 10.1 Å². The van der Waals surface area contributed by atoms with Crippen LogP contribution in [0.15, 0.2) is 54.9 Å². The van der Waals surface area contributed by atoms with Crippen molar-refractivity contribution >= 4 is 23.4 Å². The van der Waals surface area contributed by atoms with Crippen LogP contribution in [0.1, 0.15) is 10.4 Å². The summed E-state index contributed by atoms with van der Waals surface area (Å²) in [4.78, 5) is 33.9. The number of pyridine rings is 1. The van der Waals surface area contributed by atoms with Gasteiger partial charge in [-0.2, -0.15) is 4.98 Å². The van der Waals surface area contributed by atoms with Crippen LogP contribution in [0.25, 0.3) is 11.3 Å². The summed E-state index contributed by atoms with van der Waals surface area (Å²) < 4.78 is 0. The van der Waals surface area contributed by atoms with E-state index in [0.29, 0.717) is 16.9 Å². The number of carboxylic acid groups (broad SMARTS) is 1. The number of nitro groups is 1. The number of carbonyl (C=O) groups is 1. The van der Waals surface area contributed by atoms with Crippen LogP contribution < -0.4 is 10.7 Å². The van der Waals surface area contributed by atoms with Crippen molar-refractivity contribution in [2.75, 3.05) is 10.7 Å². The van der Waals surface area contributed by atoms with Gasteiger partial charge in [0.25, 0.3) is 5.95 Å². The van der Waals surface area contributed by atoms with E-state index >= 15 is 0 Å². The Labute approximate surface area is 146 Å². The van der Waals surface area contributed by atoms with E-state index in [2.05, 4.69) is 20.3 Å². The summed E-state index contributed by atoms with van der Waals surface area (Å²) in [5, 5.41) is 21.9. The SMILES string of the molecule is O=C(O)c1cccc(Nc2cc(-c3cccnc3)nc(N[N+](=O)[O-])n2)c1. The number of carboxylic acids is 1. The third-order valence-corrected chi connectivity index (χ3v) is 3.26. The largest absolute Gasteiger partial charge is 0.478 e. The van der Waals surface area contributed by atoms with Crippen LogP contribution in [0.5, 0.6) is 0 Å². The fourth-order valence-corrected chi connectivity index (χ4v) is 2.18. The van der Waals surface area contributed by atoms with E-state index in [9.17, 15) is 14.9 Å². The van der Waals surface area contributed by atoms with Gasteiger partial charge in [-0.05, 0) is 30.3 Å². The topological polar surface area (TPSA) is 143 Å². The Bertz CT molecular complexity index is 964. The monoisotopic (exact) mass is 352 g/mol. The van der Waals surface area contributed by atoms with Crippen molar-refractivity contribution in [2.24, 2.45) is 0 Å². The first-order valence-electron chi connectivity index (χ1n) is 7.32. The molecule has 0 aliphatic rings. The number of hydrazine groups is 1. The van der Waals surface area contributed by atoms with Gasteiger partial charge in [-0.15, -0.1) is 0 Å². The molecule has 0 bridgehead atoms. The quantitative estimate of drug-likeness (QED) is 0.450. The second kappa shape index (κ2) is 7.21. The van der Waals surface area contributed by atoms with Crippen molar-refractivity contribution in [3.8, 4) is 11.3 Å². The molecule has 3 aromatic rings. The van der Waals surface area contributed by atoms with E-state index in [1.807, 2.05) is 5.43 Å². The lowest BCUT2D eigenvalue weighted by Crippen LogP contribution is -2.12. The number of benzene rings is 1. The number of anilines is 3. The number of hydrogen-bond acceptors (Lipinski definition) is 7. The predicted molar refractivity (Wildman–Crippen MR) is 92.6 cm³/mol. The summed E-state index contributed by atoms with van der Waals surface area (Å²) in [7, 11) is 0. The summed E-state index contributed by atoms with van der Waals surface area (Å²) in [5.74, 6) is -1.03. The van der Waals surface area contributed by atoms with Crippen LogP contribution in [0.4, 0.5) is 17.5 Å². The standard InChI is InChI=1S/C16H12N6O4/c23-15(24)10-3-1-5-12(7-10)18-14-8-13(11-4-2-6-17-9-11)19-16(20-14)21-22(25)26/h1-9H,(H,23,24)(H2,18,19,20,21). The normalized spacial score (nSPS) is 10.2. The van der Waals surface area contributed by atoms with E-state index < -0.39 is 11.0 Å². The highest BCUT2D eigenvalue weighted by atomic mass is 16.7. The molecule has 0 unspecified atom stereocenters. The average molecular weight is 352 g/mol.